The van der Waals surface area contributed by atoms with Gasteiger partial charge in [-0.05, 0) is 44.5 Å². The third kappa shape index (κ3) is 14.8. The van der Waals surface area contributed by atoms with Gasteiger partial charge in [-0.25, -0.2) is 13.2 Å². The van der Waals surface area contributed by atoms with E-state index < -0.39 is 18.4 Å². The zero-order valence-electron chi connectivity index (χ0n) is 11.2. The van der Waals surface area contributed by atoms with Gasteiger partial charge in [0.25, 0.3) is 0 Å². The van der Waals surface area contributed by atoms with E-state index in [-0.39, 0.29) is 11.3 Å². The van der Waals surface area contributed by atoms with E-state index in [0.717, 1.165) is 6.92 Å². The van der Waals surface area contributed by atoms with Crippen molar-refractivity contribution in [2.75, 3.05) is 7.18 Å². The maximum atomic E-state index is 13.0. The summed E-state index contributed by atoms with van der Waals surface area (Å²) in [7, 11) is 0.500. The molecule has 3 nitrogen and oxygen atoms in total. The highest BCUT2D eigenvalue weighted by Crippen LogP contribution is 2.20. The Morgan fingerprint density at radius 2 is 1.40 bits per heavy atom. The Labute approximate surface area is 120 Å². The SMILES string of the molecule is CC(=O)C(F)c1ccc(O)cc1.CC(F)F.CF.OS. The van der Waals surface area contributed by atoms with Crippen molar-refractivity contribution >= 4 is 18.7 Å². The Morgan fingerprint density at radius 1 is 1.10 bits per heavy atom. The number of rotatable bonds is 2. The molecule has 0 aromatic heterocycles. The highest BCUT2D eigenvalue weighted by atomic mass is 32.1. The van der Waals surface area contributed by atoms with Crippen LogP contribution in [0, 0.1) is 0 Å². The van der Waals surface area contributed by atoms with Gasteiger partial charge in [-0.2, -0.15) is 0 Å². The van der Waals surface area contributed by atoms with Crippen molar-refractivity contribution in [1.82, 2.24) is 0 Å². The zero-order chi connectivity index (χ0) is 16.7. The van der Waals surface area contributed by atoms with Crippen molar-refractivity contribution in [3.63, 3.8) is 0 Å². The molecule has 1 unspecified atom stereocenters. The molecule has 118 valence electrons. The number of halogens is 4. The van der Waals surface area contributed by atoms with Crippen LogP contribution in [0.15, 0.2) is 24.3 Å². The number of hydrogen-bond donors (Lipinski definition) is 3. The fraction of sp³-hybridized carbons (Fsp3) is 0.417. The molecule has 0 aliphatic rings. The van der Waals surface area contributed by atoms with Crippen LogP contribution in [0.1, 0.15) is 25.6 Å². The summed E-state index contributed by atoms with van der Waals surface area (Å²) >= 11 is 2.53. The van der Waals surface area contributed by atoms with E-state index >= 15 is 0 Å². The summed E-state index contributed by atoms with van der Waals surface area (Å²) in [6.45, 7) is 2.03. The number of alkyl halides is 4. The first-order valence-electron chi connectivity index (χ1n) is 5.14. The lowest BCUT2D eigenvalue weighted by Gasteiger charge is -2.03. The van der Waals surface area contributed by atoms with E-state index in [1.165, 1.54) is 31.2 Å². The van der Waals surface area contributed by atoms with Crippen molar-refractivity contribution in [1.29, 1.82) is 0 Å². The summed E-state index contributed by atoms with van der Waals surface area (Å²) in [5, 5.41) is 8.87. The smallest absolute Gasteiger partial charge is 0.235 e. The van der Waals surface area contributed by atoms with Gasteiger partial charge in [0.15, 0.2) is 12.0 Å². The fourth-order valence-corrected chi connectivity index (χ4v) is 0.878. The second-order valence-corrected chi connectivity index (χ2v) is 3.08. The minimum atomic E-state index is -2.17. The lowest BCUT2D eigenvalue weighted by Crippen LogP contribution is -2.01. The average Bonchev–Trinajstić information content (AvgIpc) is 2.42. The molecule has 8 heteroatoms. The molecular formula is C12H18F4O3S. The summed E-state index contributed by atoms with van der Waals surface area (Å²) in [5.41, 5.74) is 0.278. The lowest BCUT2D eigenvalue weighted by molar-refractivity contribution is -0.121. The topological polar surface area (TPSA) is 57.5 Å². The Hall–Kier alpha value is -1.28. The molecule has 1 rings (SSSR count). The molecule has 1 aromatic rings. The minimum Gasteiger partial charge on any atom is -0.508 e. The maximum absolute atomic E-state index is 13.0. The number of phenolic OH excluding ortho intramolecular Hbond substituents is 1. The third-order valence-corrected chi connectivity index (χ3v) is 1.54. The third-order valence-electron chi connectivity index (χ3n) is 1.54. The molecule has 0 heterocycles. The number of thiol groups is 1. The molecule has 2 N–H and O–H groups in total. The van der Waals surface area contributed by atoms with E-state index in [0.29, 0.717) is 7.18 Å². The van der Waals surface area contributed by atoms with E-state index in [1.54, 1.807) is 0 Å². The summed E-state index contributed by atoms with van der Waals surface area (Å²) in [6, 6.07) is 5.48. The number of benzene rings is 1. The van der Waals surface area contributed by atoms with Crippen molar-refractivity contribution in [2.45, 2.75) is 26.4 Å². The molecule has 20 heavy (non-hydrogen) atoms. The van der Waals surface area contributed by atoms with Crippen LogP contribution < -0.4 is 0 Å². The first-order chi connectivity index (χ1) is 9.34. The standard InChI is InChI=1S/C9H9FO2.C2H4F2.CH3F.H2OS/c1-6(11)9(10)7-2-4-8(12)5-3-7;1-2(3)4;2*1-2/h2-5,9,12H,1H3;2H,1H3;1H3;1-2H. The van der Waals surface area contributed by atoms with Gasteiger partial charge < -0.3 is 9.66 Å². The van der Waals surface area contributed by atoms with Gasteiger partial charge in [-0.1, -0.05) is 12.1 Å². The van der Waals surface area contributed by atoms with Crippen molar-refractivity contribution in [3.05, 3.63) is 29.8 Å². The largest absolute Gasteiger partial charge is 0.508 e. The number of carbonyl (C=O) groups is 1. The van der Waals surface area contributed by atoms with Crippen LogP contribution in [0.2, 0.25) is 0 Å². The van der Waals surface area contributed by atoms with Gasteiger partial charge in [0.05, 0.1) is 7.18 Å². The molecule has 0 saturated carbocycles. The van der Waals surface area contributed by atoms with Crippen LogP contribution in [0.3, 0.4) is 0 Å². The van der Waals surface area contributed by atoms with Gasteiger partial charge in [0.1, 0.15) is 5.75 Å². The normalized spacial score (nSPS) is 9.90. The van der Waals surface area contributed by atoms with Crippen molar-refractivity contribution < 1.29 is 32.0 Å². The Bertz CT molecular complexity index is 331. The molecule has 0 aliphatic heterocycles. The van der Waals surface area contributed by atoms with Gasteiger partial charge in [-0.3, -0.25) is 9.18 Å². The first kappa shape index (κ1) is 23.8. The van der Waals surface area contributed by atoms with Crippen LogP contribution in [-0.2, 0) is 4.79 Å². The van der Waals surface area contributed by atoms with Crippen molar-refractivity contribution in [2.24, 2.45) is 0 Å². The maximum Gasteiger partial charge on any atom is 0.235 e. The van der Waals surface area contributed by atoms with Gasteiger partial charge in [0, 0.05) is 0 Å². The number of Topliss-reactive ketones (excluding diaryl/α,β-unsaturated/α-hetero) is 1. The molecule has 0 aliphatic carbocycles. The summed E-state index contributed by atoms with van der Waals surface area (Å²) in [4.78, 5) is 10.6. The Morgan fingerprint density at radius 3 is 1.65 bits per heavy atom. The van der Waals surface area contributed by atoms with Crippen LogP contribution in [0.25, 0.3) is 0 Å². The number of ketones is 1. The molecule has 0 saturated heterocycles. The fourth-order valence-electron chi connectivity index (χ4n) is 0.878. The van der Waals surface area contributed by atoms with Crippen LogP contribution in [-0.4, -0.2) is 29.0 Å². The van der Waals surface area contributed by atoms with Crippen LogP contribution in [0.4, 0.5) is 17.6 Å². The quantitative estimate of drug-likeness (QED) is 0.434. The number of hydrogen-bond acceptors (Lipinski definition) is 4. The van der Waals surface area contributed by atoms with Gasteiger partial charge in [0.2, 0.25) is 6.43 Å². The molecule has 1 atom stereocenters. The van der Waals surface area contributed by atoms with E-state index in [9.17, 15) is 22.4 Å². The minimum absolute atomic E-state index is 0.0644. The second kappa shape index (κ2) is 15.8. The lowest BCUT2D eigenvalue weighted by atomic mass is 10.1. The van der Waals surface area contributed by atoms with Gasteiger partial charge >= 0.3 is 0 Å². The van der Waals surface area contributed by atoms with E-state index in [1.807, 2.05) is 0 Å². The predicted octanol–water partition coefficient (Wildman–Crippen LogP) is 4.24. The van der Waals surface area contributed by atoms with Crippen molar-refractivity contribution in [3.8, 4) is 5.75 Å². The number of aromatic hydroxyl groups is 1. The highest BCUT2D eigenvalue weighted by molar-refractivity contribution is 7.74. The van der Waals surface area contributed by atoms with Crippen LogP contribution in [0.5, 0.6) is 5.75 Å². The first-order valence-corrected chi connectivity index (χ1v) is 5.54. The van der Waals surface area contributed by atoms with E-state index in [2.05, 4.69) is 12.9 Å². The predicted molar refractivity (Wildman–Crippen MR) is 73.0 cm³/mol. The molecule has 0 radical (unpaired) electrons. The molecular weight excluding hydrogens is 300 g/mol. The number of phenols is 1. The highest BCUT2D eigenvalue weighted by Gasteiger charge is 2.13. The monoisotopic (exact) mass is 318 g/mol. The summed E-state index contributed by atoms with van der Waals surface area (Å²) < 4.78 is 49.8. The second-order valence-electron chi connectivity index (χ2n) is 3.08. The molecule has 0 amide bonds. The Kier molecular flexibility index (Phi) is 18.8. The molecule has 0 spiro atoms. The zero-order valence-corrected chi connectivity index (χ0v) is 12.1. The summed E-state index contributed by atoms with van der Waals surface area (Å²) in [6.07, 6.45) is -3.74. The number of carbonyl (C=O) groups excluding carboxylic acids is 1. The average molecular weight is 318 g/mol. The molecule has 0 fully saturated rings. The van der Waals surface area contributed by atoms with E-state index in [4.69, 9.17) is 9.66 Å². The summed E-state index contributed by atoms with van der Waals surface area (Å²) in [5.74, 6) is -0.463. The Balaban J connectivity index is -0.000000306. The molecule has 0 bridgehead atoms. The molecule has 1 aromatic carbocycles. The van der Waals surface area contributed by atoms with Crippen LogP contribution >= 0.6 is 12.9 Å². The van der Waals surface area contributed by atoms with Gasteiger partial charge in [-0.15, -0.1) is 0 Å².